The molecule has 3 aliphatic rings. The zero-order valence-electron chi connectivity index (χ0n) is 15.8. The normalized spacial score (nSPS) is 21.6. The van der Waals surface area contributed by atoms with Crippen LogP contribution < -0.4 is 5.32 Å². The van der Waals surface area contributed by atoms with Gasteiger partial charge in [0.2, 0.25) is 0 Å². The van der Waals surface area contributed by atoms with Gasteiger partial charge < -0.3 is 19.9 Å². The molecule has 29 heavy (non-hydrogen) atoms. The lowest BCUT2D eigenvalue weighted by Crippen LogP contribution is -2.63. The Morgan fingerprint density at radius 3 is 2.69 bits per heavy atom. The fraction of sp³-hybridized carbons (Fsp3) is 0.333. The molecule has 0 unspecified atom stereocenters. The number of carbonyl (C=O) groups excluding carboxylic acids is 2. The number of nitrogens with zero attached hydrogens (tertiary/aromatic N) is 2. The molecule has 0 bridgehead atoms. The maximum Gasteiger partial charge on any atom is 0.257 e. The third kappa shape index (κ3) is 3.25. The molecule has 2 aromatic rings. The van der Waals surface area contributed by atoms with Crippen LogP contribution in [0, 0.1) is 0 Å². The van der Waals surface area contributed by atoms with Crippen molar-refractivity contribution in [2.24, 2.45) is 0 Å². The number of rotatable bonds is 3. The molecule has 7 nitrogen and oxygen atoms in total. The van der Waals surface area contributed by atoms with E-state index in [1.165, 1.54) is 0 Å². The van der Waals surface area contributed by atoms with Crippen molar-refractivity contribution in [2.45, 2.75) is 6.04 Å². The number of halogens is 1. The minimum atomic E-state index is -0.287. The van der Waals surface area contributed by atoms with Crippen molar-refractivity contribution in [1.82, 2.24) is 14.8 Å². The van der Waals surface area contributed by atoms with Crippen LogP contribution in [0.2, 0.25) is 5.02 Å². The summed E-state index contributed by atoms with van der Waals surface area (Å²) in [5, 5.41) is 3.37. The van der Waals surface area contributed by atoms with Gasteiger partial charge in [-0.25, -0.2) is 0 Å². The molecule has 0 aliphatic carbocycles. The lowest BCUT2D eigenvalue weighted by molar-refractivity contribution is -0.133. The van der Waals surface area contributed by atoms with E-state index in [1.807, 2.05) is 12.1 Å². The average molecular weight is 413 g/mol. The fourth-order valence-corrected chi connectivity index (χ4v) is 4.36. The van der Waals surface area contributed by atoms with Crippen LogP contribution in [-0.2, 0) is 14.3 Å². The summed E-state index contributed by atoms with van der Waals surface area (Å²) in [5.74, 6) is -0.430. The van der Waals surface area contributed by atoms with E-state index in [0.29, 0.717) is 52.2 Å². The Labute approximate surface area is 173 Å². The average Bonchev–Trinajstić information content (AvgIpc) is 3.31. The van der Waals surface area contributed by atoms with E-state index in [4.69, 9.17) is 16.3 Å². The monoisotopic (exact) mass is 412 g/mol. The van der Waals surface area contributed by atoms with Gasteiger partial charge in [-0.05, 0) is 30.3 Å². The molecule has 0 atom stereocenters. The predicted molar refractivity (Wildman–Crippen MR) is 110 cm³/mol. The summed E-state index contributed by atoms with van der Waals surface area (Å²) in [6.45, 7) is 4.57. The van der Waals surface area contributed by atoms with Crippen LogP contribution in [0.1, 0.15) is 11.3 Å². The maximum atomic E-state index is 13.5. The zero-order valence-corrected chi connectivity index (χ0v) is 16.5. The molecular weight excluding hydrogens is 392 g/mol. The number of aromatic amines is 1. The van der Waals surface area contributed by atoms with Crippen LogP contribution in [0.4, 0.5) is 5.69 Å². The van der Waals surface area contributed by atoms with E-state index in [9.17, 15) is 9.59 Å². The molecule has 0 saturated carbocycles. The number of fused-ring (bicyclic) bond motifs is 1. The van der Waals surface area contributed by atoms with Gasteiger partial charge in [0.25, 0.3) is 11.8 Å². The van der Waals surface area contributed by atoms with Crippen molar-refractivity contribution < 1.29 is 14.3 Å². The van der Waals surface area contributed by atoms with Gasteiger partial charge in [-0.15, -0.1) is 0 Å². The number of hydrogen-bond donors (Lipinski definition) is 2. The molecule has 2 fully saturated rings. The van der Waals surface area contributed by atoms with Gasteiger partial charge in [0.05, 0.1) is 30.1 Å². The number of amides is 2. The third-order valence-corrected chi connectivity index (χ3v) is 6.00. The van der Waals surface area contributed by atoms with E-state index < -0.39 is 0 Å². The van der Waals surface area contributed by atoms with Gasteiger partial charge in [-0.3, -0.25) is 14.5 Å². The first kappa shape index (κ1) is 18.4. The molecule has 5 rings (SSSR count). The zero-order chi connectivity index (χ0) is 20.0. The molecule has 8 heteroatoms. The highest BCUT2D eigenvalue weighted by Gasteiger charge is 2.39. The number of hydrogen-bond acceptors (Lipinski definition) is 4. The molecule has 0 radical (unpaired) electrons. The molecule has 1 aromatic carbocycles. The molecule has 4 heterocycles. The summed E-state index contributed by atoms with van der Waals surface area (Å²) in [6, 6.07) is 9.19. The van der Waals surface area contributed by atoms with E-state index in [0.717, 1.165) is 26.3 Å². The van der Waals surface area contributed by atoms with Crippen molar-refractivity contribution in [3.8, 4) is 0 Å². The van der Waals surface area contributed by atoms with Gasteiger partial charge >= 0.3 is 0 Å². The van der Waals surface area contributed by atoms with Crippen molar-refractivity contribution in [3.63, 3.8) is 0 Å². The number of ether oxygens (including phenoxy) is 1. The van der Waals surface area contributed by atoms with Crippen molar-refractivity contribution in [2.75, 3.05) is 44.7 Å². The standard InChI is InChI=1S/C21H21ClN4O3/c22-13-3-4-16-15(10-13)18(20(27)24-16)19(17-2-1-5-23-17)21(28)26-11-14(12-26)25-6-8-29-9-7-25/h1-5,10,14,23H,6-9,11-12H2,(H,24,27)/b19-18-. The van der Waals surface area contributed by atoms with Crippen molar-refractivity contribution in [3.05, 3.63) is 52.8 Å². The van der Waals surface area contributed by atoms with Gasteiger partial charge in [0.15, 0.2) is 0 Å². The van der Waals surface area contributed by atoms with Crippen molar-refractivity contribution >= 4 is 40.2 Å². The molecule has 1 aromatic heterocycles. The third-order valence-electron chi connectivity index (χ3n) is 5.77. The largest absolute Gasteiger partial charge is 0.379 e. The minimum absolute atomic E-state index is 0.144. The lowest BCUT2D eigenvalue weighted by atomic mass is 9.95. The SMILES string of the molecule is O=C1Nc2ccc(Cl)cc2/C1=C(/C(=O)N1CC(N2CCOCC2)C1)c1ccc[nH]1. The number of anilines is 1. The Balaban J connectivity index is 1.48. The van der Waals surface area contributed by atoms with Crippen LogP contribution in [-0.4, -0.2) is 72.0 Å². The summed E-state index contributed by atoms with van der Waals surface area (Å²) in [6.07, 6.45) is 1.75. The first-order chi connectivity index (χ1) is 14.1. The molecule has 2 amide bonds. The topological polar surface area (TPSA) is 77.7 Å². The van der Waals surface area contributed by atoms with Crippen LogP contribution in [0.3, 0.4) is 0 Å². The Morgan fingerprint density at radius 1 is 1.17 bits per heavy atom. The van der Waals surface area contributed by atoms with Crippen LogP contribution >= 0.6 is 11.6 Å². The molecule has 0 spiro atoms. The van der Waals surface area contributed by atoms with Crippen LogP contribution in [0.15, 0.2) is 36.5 Å². The number of likely N-dealkylation sites (tertiary alicyclic amines) is 1. The van der Waals surface area contributed by atoms with Gasteiger partial charge in [-0.2, -0.15) is 0 Å². The van der Waals surface area contributed by atoms with Gasteiger partial charge in [0.1, 0.15) is 0 Å². The Kier molecular flexibility index (Phi) is 4.66. The number of nitrogens with one attached hydrogen (secondary N) is 2. The quantitative estimate of drug-likeness (QED) is 0.757. The fourth-order valence-electron chi connectivity index (χ4n) is 4.18. The predicted octanol–water partition coefficient (Wildman–Crippen LogP) is 2.07. The van der Waals surface area contributed by atoms with E-state index in [-0.39, 0.29) is 11.8 Å². The molecule has 2 N–H and O–H groups in total. The van der Waals surface area contributed by atoms with Crippen LogP contribution in [0.5, 0.6) is 0 Å². The maximum absolute atomic E-state index is 13.5. The summed E-state index contributed by atoms with van der Waals surface area (Å²) in [4.78, 5) is 33.5. The highest BCUT2D eigenvalue weighted by molar-refractivity contribution is 6.45. The Morgan fingerprint density at radius 2 is 1.97 bits per heavy atom. The van der Waals surface area contributed by atoms with E-state index in [1.54, 1.807) is 29.3 Å². The smallest absolute Gasteiger partial charge is 0.257 e. The second kappa shape index (κ2) is 7.33. The number of carbonyl (C=O) groups is 2. The number of aromatic nitrogens is 1. The second-order valence-corrected chi connectivity index (χ2v) is 7.93. The van der Waals surface area contributed by atoms with Gasteiger partial charge in [0, 0.05) is 54.7 Å². The van der Waals surface area contributed by atoms with Gasteiger partial charge in [-0.1, -0.05) is 11.6 Å². The van der Waals surface area contributed by atoms with E-state index in [2.05, 4.69) is 15.2 Å². The Bertz CT molecular complexity index is 989. The summed E-state index contributed by atoms with van der Waals surface area (Å²) in [5.41, 5.74) is 2.70. The number of H-pyrrole nitrogens is 1. The first-order valence-electron chi connectivity index (χ1n) is 9.72. The second-order valence-electron chi connectivity index (χ2n) is 7.49. The van der Waals surface area contributed by atoms with Crippen molar-refractivity contribution in [1.29, 1.82) is 0 Å². The number of benzene rings is 1. The molecule has 3 aliphatic heterocycles. The minimum Gasteiger partial charge on any atom is -0.379 e. The molecule has 2 saturated heterocycles. The molecule has 150 valence electrons. The lowest BCUT2D eigenvalue weighted by Gasteiger charge is -2.46. The highest BCUT2D eigenvalue weighted by Crippen LogP contribution is 2.39. The summed E-state index contributed by atoms with van der Waals surface area (Å²) in [7, 11) is 0. The van der Waals surface area contributed by atoms with Crippen LogP contribution in [0.25, 0.3) is 11.1 Å². The summed E-state index contributed by atoms with van der Waals surface area (Å²) >= 11 is 6.17. The Hall–Kier alpha value is -2.61. The number of morpholine rings is 1. The first-order valence-corrected chi connectivity index (χ1v) is 10.1. The van der Waals surface area contributed by atoms with E-state index >= 15 is 0 Å². The molecular formula is C21H21ClN4O3. The highest BCUT2D eigenvalue weighted by atomic mass is 35.5. The summed E-state index contributed by atoms with van der Waals surface area (Å²) < 4.78 is 5.41.